The van der Waals surface area contributed by atoms with Crippen molar-refractivity contribution in [2.24, 2.45) is 0 Å². The van der Waals surface area contributed by atoms with Gasteiger partial charge in [-0.1, -0.05) is 19.1 Å². The first-order valence-electron chi connectivity index (χ1n) is 4.69. The molecular formula is C11H16O2. The van der Waals surface area contributed by atoms with Gasteiger partial charge in [-0.2, -0.15) is 0 Å². The molecule has 0 heterocycles. The molecule has 72 valence electrons. The Hall–Kier alpha value is -1.02. The van der Waals surface area contributed by atoms with Crippen LogP contribution in [0.3, 0.4) is 0 Å². The average molecular weight is 180 g/mol. The van der Waals surface area contributed by atoms with Crippen LogP contribution in [0.1, 0.15) is 24.5 Å². The number of benzene rings is 1. The normalized spacial score (nSPS) is 10.3. The van der Waals surface area contributed by atoms with Crippen molar-refractivity contribution in [3.63, 3.8) is 0 Å². The Bertz CT molecular complexity index is 269. The van der Waals surface area contributed by atoms with Crippen LogP contribution in [0, 0.1) is 0 Å². The highest BCUT2D eigenvalue weighted by Crippen LogP contribution is 2.20. The third-order valence-corrected chi connectivity index (χ3v) is 2.16. The van der Waals surface area contributed by atoms with Crippen molar-refractivity contribution in [2.45, 2.75) is 26.2 Å². The van der Waals surface area contributed by atoms with Crippen LogP contribution in [0.4, 0.5) is 0 Å². The Morgan fingerprint density at radius 3 is 2.69 bits per heavy atom. The Morgan fingerprint density at radius 1 is 1.31 bits per heavy atom. The fourth-order valence-corrected chi connectivity index (χ4v) is 1.33. The van der Waals surface area contributed by atoms with Gasteiger partial charge in [-0.05, 0) is 36.5 Å². The standard InChI is InChI=1S/C11H16O2/c1-2-9-5-6-11(13)10(8-9)4-3-7-12/h5-6,8,12-13H,2-4,7H2,1H3. The molecule has 0 radical (unpaired) electrons. The van der Waals surface area contributed by atoms with Crippen molar-refractivity contribution < 1.29 is 10.2 Å². The van der Waals surface area contributed by atoms with E-state index in [1.54, 1.807) is 6.07 Å². The van der Waals surface area contributed by atoms with Gasteiger partial charge in [0.25, 0.3) is 0 Å². The van der Waals surface area contributed by atoms with Gasteiger partial charge in [0.15, 0.2) is 0 Å². The maximum absolute atomic E-state index is 9.48. The molecule has 0 atom stereocenters. The van der Waals surface area contributed by atoms with Gasteiger partial charge in [0.1, 0.15) is 5.75 Å². The minimum atomic E-state index is 0.176. The highest BCUT2D eigenvalue weighted by Gasteiger charge is 2.01. The van der Waals surface area contributed by atoms with Crippen LogP contribution < -0.4 is 0 Å². The molecule has 2 heteroatoms. The molecule has 13 heavy (non-hydrogen) atoms. The summed E-state index contributed by atoms with van der Waals surface area (Å²) in [6.07, 6.45) is 2.43. The smallest absolute Gasteiger partial charge is 0.118 e. The van der Waals surface area contributed by atoms with E-state index in [1.807, 2.05) is 12.1 Å². The molecule has 0 aromatic heterocycles. The summed E-state index contributed by atoms with van der Waals surface area (Å²) in [5.41, 5.74) is 2.17. The first kappa shape index (κ1) is 10.1. The van der Waals surface area contributed by atoms with Crippen LogP contribution in [0.25, 0.3) is 0 Å². The summed E-state index contributed by atoms with van der Waals surface area (Å²) < 4.78 is 0. The molecule has 1 rings (SSSR count). The molecule has 2 nitrogen and oxygen atoms in total. The second-order valence-electron chi connectivity index (χ2n) is 3.14. The van der Waals surface area contributed by atoms with E-state index in [-0.39, 0.29) is 6.61 Å². The number of phenolic OH excluding ortho intramolecular Hbond substituents is 1. The van der Waals surface area contributed by atoms with Crippen LogP contribution in [0.15, 0.2) is 18.2 Å². The van der Waals surface area contributed by atoms with Gasteiger partial charge in [-0.15, -0.1) is 0 Å². The van der Waals surface area contributed by atoms with E-state index in [2.05, 4.69) is 6.92 Å². The third-order valence-electron chi connectivity index (χ3n) is 2.16. The van der Waals surface area contributed by atoms with Gasteiger partial charge in [-0.25, -0.2) is 0 Å². The van der Waals surface area contributed by atoms with Crippen LogP contribution in [0.2, 0.25) is 0 Å². The summed E-state index contributed by atoms with van der Waals surface area (Å²) in [5.74, 6) is 0.339. The van der Waals surface area contributed by atoms with E-state index in [4.69, 9.17) is 5.11 Å². The Balaban J connectivity index is 2.78. The van der Waals surface area contributed by atoms with Crippen LogP contribution in [-0.4, -0.2) is 16.8 Å². The zero-order chi connectivity index (χ0) is 9.68. The lowest BCUT2D eigenvalue weighted by atomic mass is 10.0. The van der Waals surface area contributed by atoms with E-state index < -0.39 is 0 Å². The Kier molecular flexibility index (Phi) is 3.77. The number of aromatic hydroxyl groups is 1. The molecule has 1 aromatic carbocycles. The van der Waals surface area contributed by atoms with Crippen molar-refractivity contribution in [1.29, 1.82) is 0 Å². The fourth-order valence-electron chi connectivity index (χ4n) is 1.33. The van der Waals surface area contributed by atoms with Gasteiger partial charge in [0.05, 0.1) is 0 Å². The molecule has 0 saturated heterocycles. The van der Waals surface area contributed by atoms with Gasteiger partial charge in [-0.3, -0.25) is 0 Å². The van der Waals surface area contributed by atoms with Gasteiger partial charge in [0, 0.05) is 6.61 Å². The molecule has 0 bridgehead atoms. The predicted octanol–water partition coefficient (Wildman–Crippen LogP) is 1.88. The van der Waals surface area contributed by atoms with Crippen molar-refractivity contribution in [2.75, 3.05) is 6.61 Å². The van der Waals surface area contributed by atoms with Gasteiger partial charge >= 0.3 is 0 Å². The summed E-state index contributed by atoms with van der Waals surface area (Å²) in [4.78, 5) is 0. The maximum atomic E-state index is 9.48. The number of aryl methyl sites for hydroxylation is 2. The molecular weight excluding hydrogens is 164 g/mol. The van der Waals surface area contributed by atoms with Gasteiger partial charge < -0.3 is 10.2 Å². The highest BCUT2D eigenvalue weighted by molar-refractivity contribution is 5.36. The molecule has 0 aliphatic heterocycles. The van der Waals surface area contributed by atoms with Crippen molar-refractivity contribution in [3.8, 4) is 5.75 Å². The first-order valence-corrected chi connectivity index (χ1v) is 4.69. The second kappa shape index (κ2) is 4.87. The molecule has 0 amide bonds. The third kappa shape index (κ3) is 2.74. The van der Waals surface area contributed by atoms with E-state index in [0.29, 0.717) is 12.2 Å². The van der Waals surface area contributed by atoms with Crippen molar-refractivity contribution >= 4 is 0 Å². The summed E-state index contributed by atoms with van der Waals surface area (Å²) in [6, 6.07) is 5.66. The Morgan fingerprint density at radius 2 is 2.08 bits per heavy atom. The highest BCUT2D eigenvalue weighted by atomic mass is 16.3. The van der Waals surface area contributed by atoms with Crippen LogP contribution in [-0.2, 0) is 12.8 Å². The lowest BCUT2D eigenvalue weighted by Gasteiger charge is -2.05. The molecule has 2 N–H and O–H groups in total. The molecule has 1 aromatic rings. The topological polar surface area (TPSA) is 40.5 Å². The number of phenols is 1. The number of hydrogen-bond acceptors (Lipinski definition) is 2. The van der Waals surface area contributed by atoms with Crippen molar-refractivity contribution in [3.05, 3.63) is 29.3 Å². The molecule has 0 aliphatic rings. The molecule has 0 unspecified atom stereocenters. The average Bonchev–Trinajstić information content (AvgIpc) is 2.17. The largest absolute Gasteiger partial charge is 0.508 e. The SMILES string of the molecule is CCc1ccc(O)c(CCCO)c1. The van der Waals surface area contributed by atoms with E-state index >= 15 is 0 Å². The molecule has 0 fully saturated rings. The molecule has 0 aliphatic carbocycles. The monoisotopic (exact) mass is 180 g/mol. The quantitative estimate of drug-likeness (QED) is 0.742. The number of hydrogen-bond donors (Lipinski definition) is 2. The first-order chi connectivity index (χ1) is 6.27. The maximum Gasteiger partial charge on any atom is 0.118 e. The predicted molar refractivity (Wildman–Crippen MR) is 52.9 cm³/mol. The summed E-state index contributed by atoms with van der Waals surface area (Å²) in [6.45, 7) is 2.26. The molecule has 0 spiro atoms. The van der Waals surface area contributed by atoms with Crippen molar-refractivity contribution in [1.82, 2.24) is 0 Å². The van der Waals surface area contributed by atoms with E-state index in [9.17, 15) is 5.11 Å². The lowest BCUT2D eigenvalue weighted by molar-refractivity contribution is 0.288. The number of aliphatic hydroxyl groups is 1. The minimum absolute atomic E-state index is 0.176. The van der Waals surface area contributed by atoms with Gasteiger partial charge in [0.2, 0.25) is 0 Å². The number of aliphatic hydroxyl groups excluding tert-OH is 1. The van der Waals surface area contributed by atoms with E-state index in [0.717, 1.165) is 18.4 Å². The van der Waals surface area contributed by atoms with Crippen LogP contribution in [0.5, 0.6) is 5.75 Å². The lowest BCUT2D eigenvalue weighted by Crippen LogP contribution is -1.91. The Labute approximate surface area is 78.8 Å². The van der Waals surface area contributed by atoms with E-state index in [1.165, 1.54) is 5.56 Å². The van der Waals surface area contributed by atoms with Crippen LogP contribution >= 0.6 is 0 Å². The molecule has 0 saturated carbocycles. The second-order valence-corrected chi connectivity index (χ2v) is 3.14. The number of rotatable bonds is 4. The minimum Gasteiger partial charge on any atom is -0.508 e. The fraction of sp³-hybridized carbons (Fsp3) is 0.455. The zero-order valence-electron chi connectivity index (χ0n) is 7.95. The summed E-state index contributed by atoms with van der Waals surface area (Å²) in [7, 11) is 0. The summed E-state index contributed by atoms with van der Waals surface area (Å²) >= 11 is 0. The summed E-state index contributed by atoms with van der Waals surface area (Å²) in [5, 5.41) is 18.1. The zero-order valence-corrected chi connectivity index (χ0v) is 7.95.